The van der Waals surface area contributed by atoms with E-state index < -0.39 is 0 Å². The third-order valence-corrected chi connectivity index (χ3v) is 11.0. The molecule has 0 radical (unpaired) electrons. The van der Waals surface area contributed by atoms with Gasteiger partial charge in [0, 0.05) is 31.4 Å². The quantitative estimate of drug-likeness (QED) is 0.0666. The number of thiophene rings is 2. The lowest BCUT2D eigenvalue weighted by atomic mass is 10.00. The highest BCUT2D eigenvalue weighted by Gasteiger charge is 2.19. The summed E-state index contributed by atoms with van der Waals surface area (Å²) in [4.78, 5) is 17.9. The van der Waals surface area contributed by atoms with E-state index in [-0.39, 0.29) is 0 Å². The number of nitrogens with zero attached hydrogens (tertiary/aromatic N) is 1. The van der Waals surface area contributed by atoms with Crippen LogP contribution in [-0.2, 0) is 0 Å². The van der Waals surface area contributed by atoms with Crippen molar-refractivity contribution >= 4 is 56.8 Å². The van der Waals surface area contributed by atoms with Gasteiger partial charge >= 0.3 is 0 Å². The van der Waals surface area contributed by atoms with Gasteiger partial charge in [0.1, 0.15) is 11.5 Å². The molecule has 0 saturated carbocycles. The predicted octanol–water partition coefficient (Wildman–Crippen LogP) is 13.5. The second kappa shape index (κ2) is 17.3. The van der Waals surface area contributed by atoms with Gasteiger partial charge in [0.05, 0.1) is 23.8 Å². The fourth-order valence-electron chi connectivity index (χ4n) is 6.10. The van der Waals surface area contributed by atoms with Gasteiger partial charge in [-0.15, -0.1) is 22.7 Å². The second-order valence-electron chi connectivity index (χ2n) is 12.3. The summed E-state index contributed by atoms with van der Waals surface area (Å²) in [7, 11) is 0. The minimum Gasteiger partial charge on any atom is -0.494 e. The molecule has 6 aromatic rings. The smallest absolute Gasteiger partial charge is 0.160 e. The van der Waals surface area contributed by atoms with E-state index in [9.17, 15) is 4.79 Å². The number of carbonyl (C=O) groups is 1. The van der Waals surface area contributed by atoms with Gasteiger partial charge in [0.2, 0.25) is 0 Å². The minimum atomic E-state index is 0.740. The zero-order chi connectivity index (χ0) is 33.8. The highest BCUT2D eigenvalue weighted by atomic mass is 32.1. The predicted molar refractivity (Wildman–Crippen MR) is 210 cm³/mol. The van der Waals surface area contributed by atoms with Gasteiger partial charge < -0.3 is 14.4 Å². The van der Waals surface area contributed by atoms with E-state index >= 15 is 0 Å². The third kappa shape index (κ3) is 8.62. The van der Waals surface area contributed by atoms with Crippen LogP contribution in [0.1, 0.15) is 74.9 Å². The molecular formula is C43H45NO3S2. The molecule has 6 rings (SSSR count). The van der Waals surface area contributed by atoms with Crippen LogP contribution < -0.4 is 14.4 Å². The molecule has 4 nitrogen and oxygen atoms in total. The SMILES string of the molecule is CCCCCCOc1ccc(N(c2ccc(OCCCCCC)cc2)c2ccc(-c3ccc(-c4ccc(C=O)s4)s3)c3ccccc23)cc1. The number of aldehydes is 1. The maximum atomic E-state index is 11.3. The molecular weight excluding hydrogens is 643 g/mol. The summed E-state index contributed by atoms with van der Waals surface area (Å²) in [5, 5.41) is 2.36. The van der Waals surface area contributed by atoms with E-state index in [0.29, 0.717) is 0 Å². The molecule has 0 saturated heterocycles. The normalized spacial score (nSPS) is 11.1. The summed E-state index contributed by atoms with van der Waals surface area (Å²) in [6, 6.07) is 38.4. The van der Waals surface area contributed by atoms with E-state index in [1.807, 2.05) is 12.1 Å². The van der Waals surface area contributed by atoms with Crippen molar-refractivity contribution < 1.29 is 14.3 Å². The van der Waals surface area contributed by atoms with E-state index in [2.05, 4.69) is 116 Å². The van der Waals surface area contributed by atoms with Crippen LogP contribution in [0.3, 0.4) is 0 Å². The molecule has 0 spiro atoms. The maximum absolute atomic E-state index is 11.3. The van der Waals surface area contributed by atoms with Crippen molar-refractivity contribution in [3.63, 3.8) is 0 Å². The average Bonchev–Trinajstić information content (AvgIpc) is 3.83. The first-order chi connectivity index (χ1) is 24.2. The molecule has 2 aromatic heterocycles. The highest BCUT2D eigenvalue weighted by molar-refractivity contribution is 7.24. The van der Waals surface area contributed by atoms with Gasteiger partial charge in [-0.05, 0) is 103 Å². The summed E-state index contributed by atoms with van der Waals surface area (Å²) in [5.74, 6) is 1.79. The molecule has 0 aliphatic heterocycles. The lowest BCUT2D eigenvalue weighted by molar-refractivity contribution is 0.112. The zero-order valence-corrected chi connectivity index (χ0v) is 30.2. The summed E-state index contributed by atoms with van der Waals surface area (Å²) < 4.78 is 12.2. The Hall–Kier alpha value is -4.39. The summed E-state index contributed by atoms with van der Waals surface area (Å²) in [5.41, 5.74) is 4.42. The molecule has 0 atom stereocenters. The fourth-order valence-corrected chi connectivity index (χ4v) is 8.06. The number of hydrogen-bond donors (Lipinski definition) is 0. The molecule has 0 aliphatic rings. The molecule has 0 fully saturated rings. The topological polar surface area (TPSA) is 38.8 Å². The first-order valence-corrected chi connectivity index (χ1v) is 19.2. The van der Waals surface area contributed by atoms with Crippen LogP contribution in [0.5, 0.6) is 11.5 Å². The van der Waals surface area contributed by atoms with Crippen molar-refractivity contribution in [1.29, 1.82) is 0 Å². The largest absolute Gasteiger partial charge is 0.494 e. The molecule has 0 unspecified atom stereocenters. The molecule has 4 aromatic carbocycles. The van der Waals surface area contributed by atoms with E-state index in [1.54, 1.807) is 11.3 Å². The number of rotatable bonds is 18. The number of anilines is 3. The van der Waals surface area contributed by atoms with Crippen LogP contribution in [-0.4, -0.2) is 19.5 Å². The maximum Gasteiger partial charge on any atom is 0.160 e. The van der Waals surface area contributed by atoms with Gasteiger partial charge in [-0.2, -0.15) is 0 Å². The van der Waals surface area contributed by atoms with Crippen LogP contribution in [0.2, 0.25) is 0 Å². The molecule has 252 valence electrons. The Labute approximate surface area is 299 Å². The number of carbonyl (C=O) groups excluding carboxylic acids is 1. The number of fused-ring (bicyclic) bond motifs is 1. The van der Waals surface area contributed by atoms with Crippen LogP contribution in [0.4, 0.5) is 17.1 Å². The van der Waals surface area contributed by atoms with Crippen LogP contribution in [0.25, 0.3) is 31.0 Å². The lowest BCUT2D eigenvalue weighted by Crippen LogP contribution is -2.11. The Balaban J connectivity index is 1.33. The molecule has 6 heteroatoms. The van der Waals surface area contributed by atoms with E-state index in [0.717, 1.165) is 70.7 Å². The molecule has 2 heterocycles. The van der Waals surface area contributed by atoms with E-state index in [4.69, 9.17) is 9.47 Å². The standard InChI is InChI=1S/C43H45NO3S2/c1-3-5-7-11-29-46-34-19-15-32(16-20-34)44(33-17-21-35(22-18-33)47-30-12-8-6-4-2)40-25-24-39(37-13-9-10-14-38(37)40)41-27-28-43(49-41)42-26-23-36(31-45)48-42/h9-10,13-28,31H,3-8,11-12,29-30H2,1-2H3. The zero-order valence-electron chi connectivity index (χ0n) is 28.5. The fraction of sp³-hybridized carbons (Fsp3) is 0.279. The Morgan fingerprint density at radius 2 is 1.10 bits per heavy atom. The lowest BCUT2D eigenvalue weighted by Gasteiger charge is -2.27. The third-order valence-electron chi connectivity index (χ3n) is 8.72. The summed E-state index contributed by atoms with van der Waals surface area (Å²) in [6.07, 6.45) is 10.4. The first kappa shape index (κ1) is 34.5. The van der Waals surface area contributed by atoms with Crippen molar-refractivity contribution in [3.05, 3.63) is 114 Å². The monoisotopic (exact) mass is 687 g/mol. The molecule has 0 N–H and O–H groups in total. The summed E-state index contributed by atoms with van der Waals surface area (Å²) >= 11 is 3.30. The second-order valence-corrected chi connectivity index (χ2v) is 14.5. The van der Waals surface area contributed by atoms with Gasteiger partial charge in [-0.1, -0.05) is 82.7 Å². The van der Waals surface area contributed by atoms with Gasteiger partial charge in [0.15, 0.2) is 6.29 Å². The Kier molecular flexibility index (Phi) is 12.2. The molecule has 0 bridgehead atoms. The van der Waals surface area contributed by atoms with Gasteiger partial charge in [0.25, 0.3) is 0 Å². The molecule has 0 aliphatic carbocycles. The number of benzene rings is 4. The van der Waals surface area contributed by atoms with Crippen molar-refractivity contribution in [1.82, 2.24) is 0 Å². The van der Waals surface area contributed by atoms with Crippen molar-refractivity contribution in [2.45, 2.75) is 65.2 Å². The van der Waals surface area contributed by atoms with Crippen LogP contribution in [0, 0.1) is 0 Å². The number of hydrogen-bond acceptors (Lipinski definition) is 6. The minimum absolute atomic E-state index is 0.740. The number of unbranched alkanes of at least 4 members (excludes halogenated alkanes) is 6. The Morgan fingerprint density at radius 3 is 1.67 bits per heavy atom. The first-order valence-electron chi connectivity index (χ1n) is 17.6. The highest BCUT2D eigenvalue weighted by Crippen LogP contribution is 2.45. The van der Waals surface area contributed by atoms with Gasteiger partial charge in [-0.3, -0.25) is 4.79 Å². The molecule has 49 heavy (non-hydrogen) atoms. The number of ether oxygens (including phenoxy) is 2. The van der Waals surface area contributed by atoms with Crippen LogP contribution >= 0.6 is 22.7 Å². The van der Waals surface area contributed by atoms with Crippen molar-refractivity contribution in [2.24, 2.45) is 0 Å². The summed E-state index contributed by atoms with van der Waals surface area (Å²) in [6.45, 7) is 5.94. The molecule has 0 amide bonds. The Morgan fingerprint density at radius 1 is 0.551 bits per heavy atom. The van der Waals surface area contributed by atoms with E-state index in [1.165, 1.54) is 76.0 Å². The van der Waals surface area contributed by atoms with Gasteiger partial charge in [-0.25, -0.2) is 0 Å². The average molecular weight is 688 g/mol. The van der Waals surface area contributed by atoms with Crippen molar-refractivity contribution in [2.75, 3.05) is 18.1 Å². The van der Waals surface area contributed by atoms with Crippen LogP contribution in [0.15, 0.2) is 109 Å². The Bertz CT molecular complexity index is 1870. The van der Waals surface area contributed by atoms with Crippen molar-refractivity contribution in [3.8, 4) is 31.7 Å².